The number of hydrogen-bond acceptors (Lipinski definition) is 1. The maximum atomic E-state index is 12.2. The van der Waals surface area contributed by atoms with E-state index in [9.17, 15) is 4.79 Å². The monoisotopic (exact) mass is 563 g/mol. The average Bonchev–Trinajstić information content (AvgIpc) is 2.96. The largest absolute Gasteiger partial charge is 0.300 e. The van der Waals surface area contributed by atoms with Crippen molar-refractivity contribution in [3.05, 3.63) is 0 Å². The third kappa shape index (κ3) is 35.7. The van der Waals surface area contributed by atoms with Crippen molar-refractivity contribution >= 4 is 5.78 Å². The molecule has 0 aliphatic rings. The Morgan fingerprint density at radius 1 is 0.250 bits per heavy atom. The molecule has 0 heterocycles. The van der Waals surface area contributed by atoms with Crippen LogP contribution in [-0.4, -0.2) is 5.78 Å². The smallest absolute Gasteiger partial charge is 0.132 e. The quantitative estimate of drug-likeness (QED) is 0.0694. The Morgan fingerprint density at radius 3 is 0.575 bits per heavy atom. The lowest BCUT2D eigenvalue weighted by Gasteiger charge is -2.04. The summed E-state index contributed by atoms with van der Waals surface area (Å²) in [5.74, 6) is 0.530. The summed E-state index contributed by atoms with van der Waals surface area (Å²) in [4.78, 5) is 12.2. The van der Waals surface area contributed by atoms with E-state index in [1.807, 2.05) is 0 Å². The van der Waals surface area contributed by atoms with E-state index < -0.39 is 0 Å². The zero-order valence-electron chi connectivity index (χ0n) is 28.4. The van der Waals surface area contributed by atoms with Crippen molar-refractivity contribution in [1.29, 1.82) is 0 Å². The Kier molecular flexibility index (Phi) is 36.4. The van der Waals surface area contributed by atoms with Gasteiger partial charge < -0.3 is 0 Å². The van der Waals surface area contributed by atoms with Crippen LogP contribution in [0.15, 0.2) is 0 Å². The van der Waals surface area contributed by atoms with E-state index in [-0.39, 0.29) is 0 Å². The van der Waals surface area contributed by atoms with Gasteiger partial charge >= 0.3 is 0 Å². The zero-order valence-corrected chi connectivity index (χ0v) is 28.4. The highest BCUT2D eigenvalue weighted by Crippen LogP contribution is 2.16. The van der Waals surface area contributed by atoms with Gasteiger partial charge in [-0.05, 0) is 12.8 Å². The molecule has 0 unspecified atom stereocenters. The lowest BCUT2D eigenvalue weighted by atomic mass is 10.0. The van der Waals surface area contributed by atoms with Crippen LogP contribution in [0.25, 0.3) is 0 Å². The second-order valence-corrected chi connectivity index (χ2v) is 13.4. The van der Waals surface area contributed by atoms with Gasteiger partial charge in [-0.15, -0.1) is 0 Å². The number of Topliss-reactive ketones (excluding diaryl/α,β-unsaturated/α-hetero) is 1. The van der Waals surface area contributed by atoms with Gasteiger partial charge in [-0.3, -0.25) is 4.79 Å². The van der Waals surface area contributed by atoms with Crippen LogP contribution in [0.1, 0.15) is 245 Å². The second-order valence-electron chi connectivity index (χ2n) is 13.4. The molecule has 0 aliphatic heterocycles. The fraction of sp³-hybridized carbons (Fsp3) is 0.974. The highest BCUT2D eigenvalue weighted by Gasteiger charge is 2.02. The van der Waals surface area contributed by atoms with E-state index in [2.05, 4.69) is 13.8 Å². The molecule has 1 heteroatoms. The summed E-state index contributed by atoms with van der Waals surface area (Å²) in [5.41, 5.74) is 0. The molecule has 0 spiro atoms. The molecule has 0 aromatic carbocycles. The first kappa shape index (κ1) is 39.7. The molecule has 0 saturated carbocycles. The van der Waals surface area contributed by atoms with Crippen LogP contribution < -0.4 is 0 Å². The lowest BCUT2D eigenvalue weighted by molar-refractivity contribution is -0.119. The van der Waals surface area contributed by atoms with Gasteiger partial charge in [0.25, 0.3) is 0 Å². The SMILES string of the molecule is CCCCCCCCCCCCCCCCCCCC(=O)CCCCCCCCCCCCCCCCCCC. The topological polar surface area (TPSA) is 17.1 Å². The Bertz CT molecular complexity index is 416. The normalized spacial score (nSPS) is 11.4. The van der Waals surface area contributed by atoms with Crippen LogP contribution in [0.4, 0.5) is 0 Å². The Balaban J connectivity index is 3.14. The van der Waals surface area contributed by atoms with Gasteiger partial charge in [0.2, 0.25) is 0 Å². The molecule has 0 aliphatic carbocycles. The van der Waals surface area contributed by atoms with Gasteiger partial charge in [-0.2, -0.15) is 0 Å². The molecule has 0 bridgehead atoms. The average molecular weight is 563 g/mol. The fourth-order valence-corrected chi connectivity index (χ4v) is 6.22. The van der Waals surface area contributed by atoms with Crippen molar-refractivity contribution in [3.63, 3.8) is 0 Å². The van der Waals surface area contributed by atoms with Crippen LogP contribution in [-0.2, 0) is 4.79 Å². The summed E-state index contributed by atoms with van der Waals surface area (Å²) < 4.78 is 0. The summed E-state index contributed by atoms with van der Waals surface area (Å²) in [5, 5.41) is 0. The van der Waals surface area contributed by atoms with Gasteiger partial charge in [-0.25, -0.2) is 0 Å². The van der Waals surface area contributed by atoms with Crippen molar-refractivity contribution in [3.8, 4) is 0 Å². The molecular formula is C39H78O. The zero-order chi connectivity index (χ0) is 29.0. The van der Waals surface area contributed by atoms with Gasteiger partial charge in [0, 0.05) is 12.8 Å². The first-order chi connectivity index (χ1) is 19.8. The molecule has 240 valence electrons. The van der Waals surface area contributed by atoms with E-state index in [1.54, 1.807) is 0 Å². The third-order valence-corrected chi connectivity index (χ3v) is 9.12. The van der Waals surface area contributed by atoms with Crippen molar-refractivity contribution < 1.29 is 4.79 Å². The van der Waals surface area contributed by atoms with Crippen LogP contribution in [0.5, 0.6) is 0 Å². The van der Waals surface area contributed by atoms with Gasteiger partial charge in [0.05, 0.1) is 0 Å². The molecule has 0 radical (unpaired) electrons. The maximum Gasteiger partial charge on any atom is 0.132 e. The van der Waals surface area contributed by atoms with Crippen molar-refractivity contribution in [2.75, 3.05) is 0 Å². The van der Waals surface area contributed by atoms with Crippen molar-refractivity contribution in [2.45, 2.75) is 245 Å². The first-order valence-electron chi connectivity index (χ1n) is 19.3. The number of rotatable bonds is 36. The predicted octanol–water partition coefficient (Wildman–Crippen LogP) is 14.6. The summed E-state index contributed by atoms with van der Waals surface area (Å²) in [6.45, 7) is 4.60. The number of carbonyl (C=O) groups is 1. The Hall–Kier alpha value is -0.330. The minimum Gasteiger partial charge on any atom is -0.300 e. The molecule has 0 atom stereocenters. The van der Waals surface area contributed by atoms with Crippen molar-refractivity contribution in [1.82, 2.24) is 0 Å². The van der Waals surface area contributed by atoms with Crippen molar-refractivity contribution in [2.24, 2.45) is 0 Å². The van der Waals surface area contributed by atoms with Crippen LogP contribution in [0.2, 0.25) is 0 Å². The van der Waals surface area contributed by atoms with E-state index >= 15 is 0 Å². The molecule has 1 nitrogen and oxygen atoms in total. The molecule has 0 aromatic rings. The summed E-state index contributed by atoms with van der Waals surface area (Å²) in [6, 6.07) is 0. The molecule has 0 N–H and O–H groups in total. The van der Waals surface area contributed by atoms with Gasteiger partial charge in [-0.1, -0.05) is 219 Å². The van der Waals surface area contributed by atoms with Gasteiger partial charge in [0.15, 0.2) is 0 Å². The molecular weight excluding hydrogens is 484 g/mol. The second kappa shape index (κ2) is 36.7. The first-order valence-corrected chi connectivity index (χ1v) is 19.3. The Labute approximate surface area is 255 Å². The lowest BCUT2D eigenvalue weighted by Crippen LogP contribution is -1.97. The summed E-state index contributed by atoms with van der Waals surface area (Å²) >= 11 is 0. The fourth-order valence-electron chi connectivity index (χ4n) is 6.22. The molecule has 0 fully saturated rings. The van der Waals surface area contributed by atoms with E-state index in [0.29, 0.717) is 5.78 Å². The van der Waals surface area contributed by atoms with E-state index in [4.69, 9.17) is 0 Å². The predicted molar refractivity (Wildman–Crippen MR) is 183 cm³/mol. The standard InChI is InChI=1S/C39H78O/c1-3-5-7-9-11-13-15-17-19-21-23-25-27-29-31-33-35-37-39(40)38-36-34-32-30-28-26-24-22-20-18-16-14-12-10-8-6-4-2/h3-38H2,1-2H3. The molecule has 0 rings (SSSR count). The molecule has 0 amide bonds. The minimum absolute atomic E-state index is 0.530. The van der Waals surface area contributed by atoms with Crippen LogP contribution in [0, 0.1) is 0 Å². The maximum absolute atomic E-state index is 12.2. The minimum atomic E-state index is 0.530. The molecule has 40 heavy (non-hydrogen) atoms. The number of ketones is 1. The number of unbranched alkanes of at least 4 members (excludes halogenated alkanes) is 32. The molecule has 0 aromatic heterocycles. The van der Waals surface area contributed by atoms with E-state index in [0.717, 1.165) is 25.7 Å². The third-order valence-electron chi connectivity index (χ3n) is 9.12. The number of carbonyl (C=O) groups excluding carboxylic acids is 1. The highest BCUT2D eigenvalue weighted by molar-refractivity contribution is 5.78. The van der Waals surface area contributed by atoms with Crippen LogP contribution in [0.3, 0.4) is 0 Å². The Morgan fingerprint density at radius 2 is 0.400 bits per heavy atom. The van der Waals surface area contributed by atoms with E-state index in [1.165, 1.54) is 205 Å². The summed E-state index contributed by atoms with van der Waals surface area (Å²) in [6.07, 6.45) is 49.4. The molecule has 0 saturated heterocycles. The summed E-state index contributed by atoms with van der Waals surface area (Å²) in [7, 11) is 0. The van der Waals surface area contributed by atoms with Gasteiger partial charge in [0.1, 0.15) is 5.78 Å². The van der Waals surface area contributed by atoms with Crippen LogP contribution >= 0.6 is 0 Å². The highest BCUT2D eigenvalue weighted by atomic mass is 16.1. The number of hydrogen-bond donors (Lipinski definition) is 0.